The normalized spacial score (nSPS) is 22.6. The molecule has 1 unspecified atom stereocenters. The van der Waals surface area contributed by atoms with Gasteiger partial charge in [-0.3, -0.25) is 14.7 Å². The summed E-state index contributed by atoms with van der Waals surface area (Å²) in [6.07, 6.45) is 4.93. The standard InChI is InChI=1S/C19H27F3N6/c1-27-16(19(20,21)22)15(10-23-27)12-28-9-5-8-14(11-28)18-24-17(25-26-18)13-6-3-2-4-7-13/h10,13-14H,2-9,11-12H2,1H3,(H,24,25,26). The third-order valence-electron chi connectivity index (χ3n) is 6.06. The summed E-state index contributed by atoms with van der Waals surface area (Å²) in [5.41, 5.74) is -0.430. The van der Waals surface area contributed by atoms with Gasteiger partial charge in [0.05, 0.1) is 6.20 Å². The number of likely N-dealkylation sites (tertiary alicyclic amines) is 1. The van der Waals surface area contributed by atoms with Crippen LogP contribution in [0.4, 0.5) is 13.2 Å². The predicted molar refractivity (Wildman–Crippen MR) is 97.7 cm³/mol. The van der Waals surface area contributed by atoms with Crippen molar-refractivity contribution >= 4 is 0 Å². The van der Waals surface area contributed by atoms with Crippen LogP contribution in [-0.2, 0) is 19.8 Å². The van der Waals surface area contributed by atoms with Gasteiger partial charge in [-0.2, -0.15) is 23.4 Å². The van der Waals surface area contributed by atoms with Crippen molar-refractivity contribution in [1.82, 2.24) is 29.9 Å². The molecular weight excluding hydrogens is 369 g/mol. The molecule has 0 bridgehead atoms. The smallest absolute Gasteiger partial charge is 0.298 e. The fraction of sp³-hybridized carbons (Fsp3) is 0.737. The molecule has 0 spiro atoms. The number of hydrogen-bond acceptors (Lipinski definition) is 4. The number of piperidine rings is 1. The SMILES string of the molecule is Cn1ncc(CN2CCCC(c3n[nH]c(C4CCCCC4)n3)C2)c1C(F)(F)F. The lowest BCUT2D eigenvalue weighted by molar-refractivity contribution is -0.144. The fourth-order valence-corrected chi connectivity index (χ4v) is 4.64. The van der Waals surface area contributed by atoms with Crippen LogP contribution in [0.25, 0.3) is 0 Å². The number of alkyl halides is 3. The zero-order valence-electron chi connectivity index (χ0n) is 16.2. The van der Waals surface area contributed by atoms with Gasteiger partial charge in [-0.1, -0.05) is 19.3 Å². The fourth-order valence-electron chi connectivity index (χ4n) is 4.64. The van der Waals surface area contributed by atoms with Gasteiger partial charge in [0, 0.05) is 37.5 Å². The number of aryl methyl sites for hydroxylation is 1. The highest BCUT2D eigenvalue weighted by Gasteiger charge is 2.38. The summed E-state index contributed by atoms with van der Waals surface area (Å²) in [6, 6.07) is 0. The van der Waals surface area contributed by atoms with E-state index in [0.29, 0.717) is 12.5 Å². The Bertz CT molecular complexity index is 790. The van der Waals surface area contributed by atoms with Crippen LogP contribution >= 0.6 is 0 Å². The minimum Gasteiger partial charge on any atom is -0.298 e. The minimum atomic E-state index is -4.39. The Hall–Kier alpha value is -1.90. The Kier molecular flexibility index (Phi) is 5.44. The molecule has 0 radical (unpaired) electrons. The van der Waals surface area contributed by atoms with Crippen molar-refractivity contribution in [2.45, 2.75) is 69.5 Å². The number of aromatic amines is 1. The molecule has 4 rings (SSSR count). The van der Waals surface area contributed by atoms with Crippen molar-refractivity contribution in [3.8, 4) is 0 Å². The molecule has 2 fully saturated rings. The van der Waals surface area contributed by atoms with Gasteiger partial charge < -0.3 is 0 Å². The summed E-state index contributed by atoms with van der Waals surface area (Å²) >= 11 is 0. The summed E-state index contributed by atoms with van der Waals surface area (Å²) in [5.74, 6) is 2.43. The predicted octanol–water partition coefficient (Wildman–Crippen LogP) is 3.98. The molecule has 2 aliphatic rings. The summed E-state index contributed by atoms with van der Waals surface area (Å²) in [4.78, 5) is 6.84. The van der Waals surface area contributed by atoms with Crippen molar-refractivity contribution in [2.75, 3.05) is 13.1 Å². The second-order valence-corrected chi connectivity index (χ2v) is 8.13. The van der Waals surface area contributed by atoms with Crippen molar-refractivity contribution in [3.63, 3.8) is 0 Å². The van der Waals surface area contributed by atoms with E-state index in [1.807, 2.05) is 0 Å². The van der Waals surface area contributed by atoms with Gasteiger partial charge in [-0.25, -0.2) is 4.98 Å². The molecule has 1 N–H and O–H groups in total. The molecular formula is C19H27F3N6. The molecule has 1 atom stereocenters. The van der Waals surface area contributed by atoms with E-state index in [0.717, 1.165) is 48.6 Å². The highest BCUT2D eigenvalue weighted by atomic mass is 19.4. The minimum absolute atomic E-state index is 0.161. The van der Waals surface area contributed by atoms with E-state index in [9.17, 15) is 13.2 Å². The monoisotopic (exact) mass is 396 g/mol. The Balaban J connectivity index is 1.43. The van der Waals surface area contributed by atoms with Crippen molar-refractivity contribution < 1.29 is 13.2 Å². The van der Waals surface area contributed by atoms with E-state index in [-0.39, 0.29) is 18.0 Å². The molecule has 28 heavy (non-hydrogen) atoms. The summed E-state index contributed by atoms with van der Waals surface area (Å²) in [6.45, 7) is 1.70. The van der Waals surface area contributed by atoms with Crippen LogP contribution < -0.4 is 0 Å². The van der Waals surface area contributed by atoms with Gasteiger partial charge in [0.2, 0.25) is 0 Å². The quantitative estimate of drug-likeness (QED) is 0.849. The zero-order valence-corrected chi connectivity index (χ0v) is 16.2. The van der Waals surface area contributed by atoms with Gasteiger partial charge in [-0.15, -0.1) is 0 Å². The molecule has 1 saturated heterocycles. The summed E-state index contributed by atoms with van der Waals surface area (Å²) in [5, 5.41) is 11.4. The maximum Gasteiger partial charge on any atom is 0.433 e. The average Bonchev–Trinajstić information content (AvgIpc) is 3.30. The van der Waals surface area contributed by atoms with Gasteiger partial charge in [-0.05, 0) is 32.2 Å². The zero-order chi connectivity index (χ0) is 19.7. The van der Waals surface area contributed by atoms with E-state index in [1.165, 1.54) is 32.5 Å². The van der Waals surface area contributed by atoms with Crippen LogP contribution in [0.2, 0.25) is 0 Å². The molecule has 6 nitrogen and oxygen atoms in total. The lowest BCUT2D eigenvalue weighted by Crippen LogP contribution is -2.34. The highest BCUT2D eigenvalue weighted by molar-refractivity contribution is 5.21. The first kappa shape index (κ1) is 19.4. The van der Waals surface area contributed by atoms with E-state index in [2.05, 4.69) is 20.2 Å². The Morgan fingerprint density at radius 1 is 1.11 bits per heavy atom. The van der Waals surface area contributed by atoms with Crippen LogP contribution in [0, 0.1) is 0 Å². The lowest BCUT2D eigenvalue weighted by Gasteiger charge is -2.31. The van der Waals surface area contributed by atoms with E-state index in [4.69, 9.17) is 4.98 Å². The summed E-state index contributed by atoms with van der Waals surface area (Å²) < 4.78 is 40.9. The first-order valence-corrected chi connectivity index (χ1v) is 10.1. The van der Waals surface area contributed by atoms with Gasteiger partial charge in [0.1, 0.15) is 11.5 Å². The molecule has 0 aromatic carbocycles. The summed E-state index contributed by atoms with van der Waals surface area (Å²) in [7, 11) is 1.34. The second kappa shape index (κ2) is 7.85. The van der Waals surface area contributed by atoms with Crippen LogP contribution in [0.15, 0.2) is 6.20 Å². The maximum atomic E-state index is 13.3. The topological polar surface area (TPSA) is 62.6 Å². The number of nitrogens with one attached hydrogen (secondary N) is 1. The Labute approximate surface area is 162 Å². The van der Waals surface area contributed by atoms with Crippen LogP contribution in [0.5, 0.6) is 0 Å². The number of aromatic nitrogens is 5. The number of rotatable bonds is 4. The van der Waals surface area contributed by atoms with E-state index >= 15 is 0 Å². The molecule has 1 aliphatic heterocycles. The van der Waals surface area contributed by atoms with Crippen molar-refractivity contribution in [3.05, 3.63) is 29.1 Å². The molecule has 1 aliphatic carbocycles. The second-order valence-electron chi connectivity index (χ2n) is 8.13. The van der Waals surface area contributed by atoms with Crippen molar-refractivity contribution in [1.29, 1.82) is 0 Å². The van der Waals surface area contributed by atoms with Gasteiger partial charge in [0.25, 0.3) is 0 Å². The van der Waals surface area contributed by atoms with E-state index in [1.54, 1.807) is 0 Å². The molecule has 2 aromatic rings. The molecule has 9 heteroatoms. The molecule has 154 valence electrons. The first-order chi connectivity index (χ1) is 13.4. The number of H-pyrrole nitrogens is 1. The van der Waals surface area contributed by atoms with Crippen LogP contribution in [0.3, 0.4) is 0 Å². The van der Waals surface area contributed by atoms with Gasteiger partial charge >= 0.3 is 6.18 Å². The van der Waals surface area contributed by atoms with Gasteiger partial charge in [0.15, 0.2) is 5.82 Å². The largest absolute Gasteiger partial charge is 0.433 e. The number of nitrogens with zero attached hydrogens (tertiary/aromatic N) is 5. The Morgan fingerprint density at radius 3 is 2.61 bits per heavy atom. The number of hydrogen-bond donors (Lipinski definition) is 1. The molecule has 2 aromatic heterocycles. The lowest BCUT2D eigenvalue weighted by atomic mass is 9.89. The maximum absolute atomic E-state index is 13.3. The van der Waals surface area contributed by atoms with E-state index < -0.39 is 11.9 Å². The number of halogens is 3. The first-order valence-electron chi connectivity index (χ1n) is 10.1. The molecule has 1 saturated carbocycles. The third kappa shape index (κ3) is 4.09. The van der Waals surface area contributed by atoms with Crippen LogP contribution in [-0.4, -0.2) is 43.0 Å². The third-order valence-corrected chi connectivity index (χ3v) is 6.06. The van der Waals surface area contributed by atoms with Crippen LogP contribution in [0.1, 0.15) is 79.7 Å². The molecule has 0 amide bonds. The Morgan fingerprint density at radius 2 is 1.86 bits per heavy atom. The highest BCUT2D eigenvalue weighted by Crippen LogP contribution is 2.34. The average molecular weight is 396 g/mol. The van der Waals surface area contributed by atoms with Crippen molar-refractivity contribution in [2.24, 2.45) is 7.05 Å². The molecule has 3 heterocycles.